The Kier molecular flexibility index (Phi) is 2.17. The molecule has 3 heteroatoms. The van der Waals surface area contributed by atoms with Gasteiger partial charge in [-0.15, -0.1) is 0 Å². The molecule has 2 aromatic rings. The average Bonchev–Trinajstić information content (AvgIpc) is 2.47. The highest BCUT2D eigenvalue weighted by Gasteiger charge is 2.06. The van der Waals surface area contributed by atoms with Crippen molar-refractivity contribution in [1.82, 2.24) is 4.98 Å². The number of phenolic OH excluding ortho intramolecular Hbond substituents is 1. The summed E-state index contributed by atoms with van der Waals surface area (Å²) in [5.41, 5.74) is 2.02. The molecule has 0 saturated carbocycles. The van der Waals surface area contributed by atoms with Crippen molar-refractivity contribution in [1.29, 1.82) is 0 Å². The zero-order valence-corrected chi connectivity index (χ0v) is 7.99. The Hall–Kier alpha value is -1.48. The summed E-state index contributed by atoms with van der Waals surface area (Å²) in [5.74, 6) is 0.254. The topological polar surface area (TPSA) is 56.2 Å². The van der Waals surface area contributed by atoms with Gasteiger partial charge in [0.15, 0.2) is 0 Å². The van der Waals surface area contributed by atoms with Crippen molar-refractivity contribution < 1.29 is 10.2 Å². The maximum Gasteiger partial charge on any atom is 0.116 e. The summed E-state index contributed by atoms with van der Waals surface area (Å²) in [6.45, 7) is 1.75. The maximum absolute atomic E-state index is 9.33. The standard InChI is InChI=1S/C11H13NO2/c1-7(13)4-8-6-12-11-3-2-9(14)5-10(8)11/h2-3,5-7,12-14H,4H2,1H3. The number of H-pyrrole nitrogens is 1. The number of rotatable bonds is 2. The molecule has 0 aliphatic carbocycles. The van der Waals surface area contributed by atoms with E-state index in [9.17, 15) is 10.2 Å². The molecule has 0 bridgehead atoms. The first kappa shape index (κ1) is 9.09. The number of aliphatic hydroxyl groups is 1. The quantitative estimate of drug-likeness (QED) is 0.678. The summed E-state index contributed by atoms with van der Waals surface area (Å²) in [6.07, 6.45) is 2.11. The van der Waals surface area contributed by atoms with Crippen LogP contribution in [0.1, 0.15) is 12.5 Å². The number of aromatic hydroxyl groups is 1. The average molecular weight is 191 g/mol. The molecule has 1 heterocycles. The van der Waals surface area contributed by atoms with Crippen molar-refractivity contribution >= 4 is 10.9 Å². The van der Waals surface area contributed by atoms with Gasteiger partial charge in [0.2, 0.25) is 0 Å². The van der Waals surface area contributed by atoms with Crippen LogP contribution in [0.5, 0.6) is 5.75 Å². The lowest BCUT2D eigenvalue weighted by Crippen LogP contribution is -2.03. The van der Waals surface area contributed by atoms with Crippen LogP contribution in [0.2, 0.25) is 0 Å². The van der Waals surface area contributed by atoms with Gasteiger partial charge in [0.25, 0.3) is 0 Å². The fourth-order valence-corrected chi connectivity index (χ4v) is 1.65. The van der Waals surface area contributed by atoms with Gasteiger partial charge in [-0.3, -0.25) is 0 Å². The summed E-state index contributed by atoms with van der Waals surface area (Å²) in [6, 6.07) is 5.19. The van der Waals surface area contributed by atoms with Crippen LogP contribution in [0, 0.1) is 0 Å². The highest BCUT2D eigenvalue weighted by molar-refractivity contribution is 5.84. The maximum atomic E-state index is 9.33. The molecule has 0 fully saturated rings. The van der Waals surface area contributed by atoms with Gasteiger partial charge in [0.1, 0.15) is 5.75 Å². The first-order valence-corrected chi connectivity index (χ1v) is 4.64. The highest BCUT2D eigenvalue weighted by Crippen LogP contribution is 2.23. The smallest absolute Gasteiger partial charge is 0.116 e. The predicted octanol–water partition coefficient (Wildman–Crippen LogP) is 1.80. The first-order valence-electron chi connectivity index (χ1n) is 4.64. The Bertz CT molecular complexity index is 445. The van der Waals surface area contributed by atoms with Crippen molar-refractivity contribution in [3.05, 3.63) is 30.0 Å². The van der Waals surface area contributed by atoms with Crippen LogP contribution in [0.15, 0.2) is 24.4 Å². The van der Waals surface area contributed by atoms with Gasteiger partial charge in [-0.2, -0.15) is 0 Å². The second-order valence-corrected chi connectivity index (χ2v) is 3.60. The molecule has 74 valence electrons. The van der Waals surface area contributed by atoms with E-state index in [2.05, 4.69) is 4.98 Å². The number of aromatic amines is 1. The third-order valence-corrected chi connectivity index (χ3v) is 2.27. The number of hydrogen-bond acceptors (Lipinski definition) is 2. The van der Waals surface area contributed by atoms with E-state index in [0.717, 1.165) is 16.5 Å². The van der Waals surface area contributed by atoms with Gasteiger partial charge >= 0.3 is 0 Å². The molecule has 1 atom stereocenters. The van der Waals surface area contributed by atoms with E-state index in [-0.39, 0.29) is 11.9 Å². The molecule has 0 amide bonds. The normalized spacial score (nSPS) is 13.3. The Morgan fingerprint density at radius 3 is 2.93 bits per heavy atom. The number of aromatic nitrogens is 1. The minimum absolute atomic E-state index is 0.254. The molecule has 0 spiro atoms. The van der Waals surface area contributed by atoms with Crippen LogP contribution in [0.4, 0.5) is 0 Å². The Labute approximate surface area is 82.0 Å². The van der Waals surface area contributed by atoms with Crippen molar-refractivity contribution in [2.75, 3.05) is 0 Å². The lowest BCUT2D eigenvalue weighted by Gasteiger charge is -2.02. The Morgan fingerprint density at radius 1 is 1.43 bits per heavy atom. The molecular formula is C11H13NO2. The second kappa shape index (κ2) is 3.35. The minimum Gasteiger partial charge on any atom is -0.508 e. The highest BCUT2D eigenvalue weighted by atomic mass is 16.3. The summed E-state index contributed by atoms with van der Waals surface area (Å²) < 4.78 is 0. The third-order valence-electron chi connectivity index (χ3n) is 2.27. The molecule has 1 aromatic carbocycles. The molecule has 1 aromatic heterocycles. The summed E-state index contributed by atoms with van der Waals surface area (Å²) >= 11 is 0. The molecule has 1 unspecified atom stereocenters. The SMILES string of the molecule is CC(O)Cc1c[nH]c2ccc(O)cc12. The molecule has 0 aliphatic heterocycles. The van der Waals surface area contributed by atoms with Crippen LogP contribution in [0.25, 0.3) is 10.9 Å². The summed E-state index contributed by atoms with van der Waals surface area (Å²) in [4.78, 5) is 3.10. The Morgan fingerprint density at radius 2 is 2.21 bits per heavy atom. The zero-order chi connectivity index (χ0) is 10.1. The van der Waals surface area contributed by atoms with Gasteiger partial charge in [-0.25, -0.2) is 0 Å². The monoisotopic (exact) mass is 191 g/mol. The van der Waals surface area contributed by atoms with Crippen molar-refractivity contribution in [2.24, 2.45) is 0 Å². The molecule has 3 nitrogen and oxygen atoms in total. The van der Waals surface area contributed by atoms with Crippen molar-refractivity contribution in [3.8, 4) is 5.75 Å². The number of hydrogen-bond donors (Lipinski definition) is 3. The van der Waals surface area contributed by atoms with Crippen LogP contribution in [-0.4, -0.2) is 21.3 Å². The van der Waals surface area contributed by atoms with E-state index < -0.39 is 0 Å². The predicted molar refractivity (Wildman–Crippen MR) is 55.3 cm³/mol. The largest absolute Gasteiger partial charge is 0.508 e. The number of phenols is 1. The minimum atomic E-state index is -0.364. The number of nitrogens with one attached hydrogen (secondary N) is 1. The van der Waals surface area contributed by atoms with Crippen LogP contribution >= 0.6 is 0 Å². The number of fused-ring (bicyclic) bond motifs is 1. The molecule has 0 aliphatic rings. The van der Waals surface area contributed by atoms with Crippen LogP contribution < -0.4 is 0 Å². The lowest BCUT2D eigenvalue weighted by atomic mass is 10.1. The van der Waals surface area contributed by atoms with Gasteiger partial charge < -0.3 is 15.2 Å². The zero-order valence-electron chi connectivity index (χ0n) is 7.99. The summed E-state index contributed by atoms with van der Waals surface area (Å²) in [5, 5.41) is 19.6. The number of benzene rings is 1. The van der Waals surface area contributed by atoms with E-state index >= 15 is 0 Å². The van der Waals surface area contributed by atoms with Gasteiger partial charge in [-0.1, -0.05) is 0 Å². The molecule has 0 saturated heterocycles. The van der Waals surface area contributed by atoms with Crippen molar-refractivity contribution in [2.45, 2.75) is 19.4 Å². The molecule has 2 rings (SSSR count). The van der Waals surface area contributed by atoms with E-state index in [0.29, 0.717) is 6.42 Å². The van der Waals surface area contributed by atoms with E-state index in [1.165, 1.54) is 0 Å². The van der Waals surface area contributed by atoms with E-state index in [4.69, 9.17) is 0 Å². The molecule has 0 radical (unpaired) electrons. The van der Waals surface area contributed by atoms with Crippen LogP contribution in [-0.2, 0) is 6.42 Å². The lowest BCUT2D eigenvalue weighted by molar-refractivity contribution is 0.196. The fraction of sp³-hybridized carbons (Fsp3) is 0.273. The second-order valence-electron chi connectivity index (χ2n) is 3.60. The van der Waals surface area contributed by atoms with Gasteiger partial charge in [0.05, 0.1) is 6.10 Å². The van der Waals surface area contributed by atoms with E-state index in [1.54, 1.807) is 19.1 Å². The van der Waals surface area contributed by atoms with Crippen molar-refractivity contribution in [3.63, 3.8) is 0 Å². The van der Waals surface area contributed by atoms with Crippen LogP contribution in [0.3, 0.4) is 0 Å². The summed E-state index contributed by atoms with van der Waals surface area (Å²) in [7, 11) is 0. The van der Waals surface area contributed by atoms with Gasteiger partial charge in [0, 0.05) is 23.5 Å². The molecular weight excluding hydrogens is 178 g/mol. The third kappa shape index (κ3) is 1.59. The first-order chi connectivity index (χ1) is 6.66. The molecule has 14 heavy (non-hydrogen) atoms. The van der Waals surface area contributed by atoms with E-state index in [1.807, 2.05) is 12.3 Å². The molecule has 3 N–H and O–H groups in total. The Balaban J connectivity index is 2.50. The van der Waals surface area contributed by atoms with Gasteiger partial charge in [-0.05, 0) is 30.7 Å². The number of aliphatic hydroxyl groups excluding tert-OH is 1. The fourth-order valence-electron chi connectivity index (χ4n) is 1.65.